The van der Waals surface area contributed by atoms with Crippen molar-refractivity contribution in [2.45, 2.75) is 12.0 Å². The molecule has 8 nitrogen and oxygen atoms in total. The van der Waals surface area contributed by atoms with Gasteiger partial charge in [-0.05, 0) is 40.5 Å². The van der Waals surface area contributed by atoms with Crippen LogP contribution in [0.15, 0.2) is 66.7 Å². The first-order valence-corrected chi connectivity index (χ1v) is 10.8. The van der Waals surface area contributed by atoms with Crippen LogP contribution in [0.1, 0.15) is 27.4 Å². The molecule has 34 heavy (non-hydrogen) atoms. The number of carboxylic acid groups (broad SMARTS) is 1. The average molecular weight is 481 g/mol. The number of carbonyl (C=O) groups excluding carboxylic acids is 2. The molecule has 0 bridgehead atoms. The first kappa shape index (κ1) is 23.3. The van der Waals surface area contributed by atoms with E-state index >= 15 is 0 Å². The van der Waals surface area contributed by atoms with Crippen molar-refractivity contribution < 1.29 is 29.3 Å². The van der Waals surface area contributed by atoms with Crippen LogP contribution in [0.5, 0.6) is 0 Å². The largest absolute Gasteiger partial charge is 0.479 e. The number of benzene rings is 3. The van der Waals surface area contributed by atoms with Crippen molar-refractivity contribution in [2.24, 2.45) is 0 Å². The van der Waals surface area contributed by atoms with Crippen molar-refractivity contribution in [3.63, 3.8) is 0 Å². The zero-order valence-electron chi connectivity index (χ0n) is 17.8. The summed E-state index contributed by atoms with van der Waals surface area (Å²) in [6.07, 6.45) is -2.45. The molecular formula is C25H21ClN2O6. The van der Waals surface area contributed by atoms with Gasteiger partial charge in [-0.1, -0.05) is 60.1 Å². The quantitative estimate of drug-likeness (QED) is 0.407. The third-order valence-electron chi connectivity index (χ3n) is 5.49. The number of anilines is 1. The second-order valence-electron chi connectivity index (χ2n) is 7.74. The molecule has 2 amide bonds. The molecular weight excluding hydrogens is 460 g/mol. The van der Waals surface area contributed by atoms with Gasteiger partial charge in [-0.3, -0.25) is 10.1 Å². The SMILES string of the molecule is O=C(Nc1cc(Cl)cc(C(=O)NCC(O)C(=O)O)c1)OCC1c2ccccc2-c2ccccc21. The molecule has 1 unspecified atom stereocenters. The lowest BCUT2D eigenvalue weighted by Crippen LogP contribution is -2.36. The number of aliphatic hydroxyl groups excluding tert-OH is 1. The van der Waals surface area contributed by atoms with Gasteiger partial charge in [-0.25, -0.2) is 9.59 Å². The molecule has 174 valence electrons. The summed E-state index contributed by atoms with van der Waals surface area (Å²) < 4.78 is 5.50. The van der Waals surface area contributed by atoms with Gasteiger partial charge in [0.25, 0.3) is 5.91 Å². The number of amides is 2. The van der Waals surface area contributed by atoms with Crippen molar-refractivity contribution >= 4 is 35.3 Å². The number of halogens is 1. The van der Waals surface area contributed by atoms with Crippen LogP contribution in [-0.4, -0.2) is 47.4 Å². The Balaban J connectivity index is 1.41. The molecule has 0 fully saturated rings. The summed E-state index contributed by atoms with van der Waals surface area (Å²) in [7, 11) is 0. The fourth-order valence-electron chi connectivity index (χ4n) is 3.92. The van der Waals surface area contributed by atoms with Crippen molar-refractivity contribution in [2.75, 3.05) is 18.5 Å². The minimum absolute atomic E-state index is 0.0824. The third kappa shape index (κ3) is 5.03. The standard InChI is InChI=1S/C25H21ClN2O6/c26-15-9-14(23(30)27-12-22(29)24(31)32)10-16(11-15)28-25(33)34-13-21-19-7-3-1-5-17(19)18-6-2-4-8-20(18)21/h1-11,21-22,29H,12-13H2,(H,27,30)(H,28,33)(H,31,32). The zero-order valence-corrected chi connectivity index (χ0v) is 18.6. The van der Waals surface area contributed by atoms with Gasteiger partial charge in [0, 0.05) is 22.2 Å². The Morgan fingerprint density at radius 2 is 1.59 bits per heavy atom. The summed E-state index contributed by atoms with van der Waals surface area (Å²) in [6.45, 7) is -0.351. The van der Waals surface area contributed by atoms with Crippen LogP contribution in [-0.2, 0) is 9.53 Å². The lowest BCUT2D eigenvalue weighted by molar-refractivity contribution is -0.146. The highest BCUT2D eigenvalue weighted by Gasteiger charge is 2.29. The van der Waals surface area contributed by atoms with E-state index in [0.29, 0.717) is 0 Å². The number of aliphatic carboxylic acids is 1. The maximum atomic E-state index is 12.5. The van der Waals surface area contributed by atoms with E-state index < -0.39 is 30.6 Å². The third-order valence-corrected chi connectivity index (χ3v) is 5.71. The number of hydrogen-bond donors (Lipinski definition) is 4. The van der Waals surface area contributed by atoms with Crippen LogP contribution in [0.2, 0.25) is 5.02 Å². The molecule has 0 saturated carbocycles. The van der Waals surface area contributed by atoms with Gasteiger partial charge in [0.2, 0.25) is 0 Å². The molecule has 0 aromatic heterocycles. The van der Waals surface area contributed by atoms with Crippen LogP contribution in [0.25, 0.3) is 11.1 Å². The highest BCUT2D eigenvalue weighted by molar-refractivity contribution is 6.31. The number of aliphatic hydroxyl groups is 1. The molecule has 0 spiro atoms. The molecule has 1 atom stereocenters. The van der Waals surface area contributed by atoms with E-state index in [1.54, 1.807) is 0 Å². The lowest BCUT2D eigenvalue weighted by atomic mass is 9.98. The monoisotopic (exact) mass is 480 g/mol. The molecule has 0 saturated heterocycles. The Morgan fingerprint density at radius 1 is 0.971 bits per heavy atom. The summed E-state index contributed by atoms with van der Waals surface area (Å²) in [5.74, 6) is -2.21. The molecule has 3 aromatic rings. The van der Waals surface area contributed by atoms with Gasteiger partial charge in [-0.2, -0.15) is 0 Å². The summed E-state index contributed by atoms with van der Waals surface area (Å²) >= 11 is 6.07. The average Bonchev–Trinajstić information content (AvgIpc) is 3.14. The van der Waals surface area contributed by atoms with Crippen LogP contribution >= 0.6 is 11.6 Å². The molecule has 3 aromatic carbocycles. The maximum absolute atomic E-state index is 12.5. The topological polar surface area (TPSA) is 125 Å². The number of carbonyl (C=O) groups is 3. The minimum atomic E-state index is -1.73. The first-order chi connectivity index (χ1) is 16.3. The molecule has 4 rings (SSSR count). The Bertz CT molecular complexity index is 1220. The van der Waals surface area contributed by atoms with Crippen LogP contribution in [0, 0.1) is 0 Å². The molecule has 4 N–H and O–H groups in total. The smallest absolute Gasteiger partial charge is 0.411 e. The van der Waals surface area contributed by atoms with Gasteiger partial charge in [0.15, 0.2) is 6.10 Å². The molecule has 9 heteroatoms. The maximum Gasteiger partial charge on any atom is 0.411 e. The summed E-state index contributed by atoms with van der Waals surface area (Å²) in [6, 6.07) is 20.1. The second-order valence-corrected chi connectivity index (χ2v) is 8.18. The summed E-state index contributed by atoms with van der Waals surface area (Å²) in [5, 5.41) is 23.1. The highest BCUT2D eigenvalue weighted by Crippen LogP contribution is 2.44. The van der Waals surface area contributed by atoms with E-state index in [-0.39, 0.29) is 28.8 Å². The Hall–Kier alpha value is -3.88. The van der Waals surface area contributed by atoms with Crippen LogP contribution in [0.3, 0.4) is 0 Å². The van der Waals surface area contributed by atoms with Gasteiger partial charge in [0.1, 0.15) is 6.61 Å². The van der Waals surface area contributed by atoms with Gasteiger partial charge >= 0.3 is 12.1 Å². The Labute approximate surface area is 200 Å². The molecule has 0 heterocycles. The number of rotatable bonds is 7. The van der Waals surface area contributed by atoms with Crippen molar-refractivity contribution in [3.8, 4) is 11.1 Å². The van der Waals surface area contributed by atoms with E-state index in [0.717, 1.165) is 22.3 Å². The molecule has 1 aliphatic rings. The van der Waals surface area contributed by atoms with Crippen LogP contribution < -0.4 is 10.6 Å². The molecule has 0 radical (unpaired) electrons. The Morgan fingerprint density at radius 3 is 2.21 bits per heavy atom. The zero-order chi connectivity index (χ0) is 24.2. The number of fused-ring (bicyclic) bond motifs is 3. The van der Waals surface area contributed by atoms with E-state index in [1.807, 2.05) is 48.5 Å². The van der Waals surface area contributed by atoms with Crippen molar-refractivity contribution in [1.29, 1.82) is 0 Å². The number of carboxylic acids is 1. The second kappa shape index (κ2) is 9.94. The summed E-state index contributed by atoms with van der Waals surface area (Å²) in [4.78, 5) is 35.5. The van der Waals surface area contributed by atoms with Gasteiger partial charge in [-0.15, -0.1) is 0 Å². The predicted octanol–water partition coefficient (Wildman–Crippen LogP) is 3.88. The van der Waals surface area contributed by atoms with E-state index in [4.69, 9.17) is 21.4 Å². The van der Waals surface area contributed by atoms with Gasteiger partial charge in [0.05, 0.1) is 6.54 Å². The highest BCUT2D eigenvalue weighted by atomic mass is 35.5. The number of hydrogen-bond acceptors (Lipinski definition) is 5. The molecule has 1 aliphatic carbocycles. The van der Waals surface area contributed by atoms with E-state index in [9.17, 15) is 19.5 Å². The Kier molecular flexibility index (Phi) is 6.81. The molecule has 0 aliphatic heterocycles. The number of ether oxygens (including phenoxy) is 1. The van der Waals surface area contributed by atoms with E-state index in [2.05, 4.69) is 10.6 Å². The predicted molar refractivity (Wildman–Crippen MR) is 126 cm³/mol. The fraction of sp³-hybridized carbons (Fsp3) is 0.160. The van der Waals surface area contributed by atoms with Gasteiger partial charge < -0.3 is 20.3 Å². The fourth-order valence-corrected chi connectivity index (χ4v) is 4.16. The lowest BCUT2D eigenvalue weighted by Gasteiger charge is -2.15. The van der Waals surface area contributed by atoms with Crippen molar-refractivity contribution in [3.05, 3.63) is 88.4 Å². The van der Waals surface area contributed by atoms with Crippen molar-refractivity contribution in [1.82, 2.24) is 5.32 Å². The minimum Gasteiger partial charge on any atom is -0.479 e. The summed E-state index contributed by atoms with van der Waals surface area (Å²) in [5.41, 5.74) is 4.72. The number of nitrogens with one attached hydrogen (secondary N) is 2. The van der Waals surface area contributed by atoms with Crippen LogP contribution in [0.4, 0.5) is 10.5 Å². The normalized spacial score (nSPS) is 12.9. The first-order valence-electron chi connectivity index (χ1n) is 10.4. The van der Waals surface area contributed by atoms with E-state index in [1.165, 1.54) is 18.2 Å².